The lowest BCUT2D eigenvalue weighted by atomic mass is 10.3. The molecule has 0 saturated heterocycles. The second-order valence-electron chi connectivity index (χ2n) is 4.89. The molecule has 0 atom stereocenters. The molecule has 100 valence electrons. The molecule has 1 fully saturated rings. The van der Waals surface area contributed by atoms with Gasteiger partial charge in [-0.1, -0.05) is 6.92 Å². The number of fused-ring (bicyclic) bond motifs is 1. The van der Waals surface area contributed by atoms with Gasteiger partial charge in [0.1, 0.15) is 5.52 Å². The highest BCUT2D eigenvalue weighted by molar-refractivity contribution is 5.91. The molecule has 0 radical (unpaired) electrons. The van der Waals surface area contributed by atoms with Crippen molar-refractivity contribution < 1.29 is 9.21 Å². The van der Waals surface area contributed by atoms with Gasteiger partial charge in [0.15, 0.2) is 11.5 Å². The fourth-order valence-electron chi connectivity index (χ4n) is 1.94. The number of nitrogens with one attached hydrogen (secondary N) is 2. The summed E-state index contributed by atoms with van der Waals surface area (Å²) in [5.41, 5.74) is 2.31. The summed E-state index contributed by atoms with van der Waals surface area (Å²) in [5, 5.41) is 5.56. The molecule has 0 spiro atoms. The van der Waals surface area contributed by atoms with E-state index in [9.17, 15) is 4.79 Å². The fraction of sp³-hybridized carbons (Fsp3) is 0.429. The Bertz CT molecular complexity index is 602. The van der Waals surface area contributed by atoms with Crippen molar-refractivity contribution >= 4 is 22.8 Å². The average molecular weight is 259 g/mol. The summed E-state index contributed by atoms with van der Waals surface area (Å²) in [4.78, 5) is 16.0. The number of anilines is 1. The first kappa shape index (κ1) is 12.0. The third-order valence-corrected chi connectivity index (χ3v) is 3.12. The number of hydrogen-bond acceptors (Lipinski definition) is 3. The van der Waals surface area contributed by atoms with Crippen LogP contribution < -0.4 is 10.6 Å². The van der Waals surface area contributed by atoms with E-state index in [2.05, 4.69) is 15.6 Å². The lowest BCUT2D eigenvalue weighted by Crippen LogP contribution is -2.29. The summed E-state index contributed by atoms with van der Waals surface area (Å²) in [5.74, 6) is 1.32. The summed E-state index contributed by atoms with van der Waals surface area (Å²) in [6.45, 7) is 2.69. The molecule has 2 N–H and O–H groups in total. The third-order valence-electron chi connectivity index (χ3n) is 3.12. The number of hydrogen-bond donors (Lipinski definition) is 2. The van der Waals surface area contributed by atoms with Gasteiger partial charge in [-0.25, -0.2) is 9.78 Å². The topological polar surface area (TPSA) is 67.2 Å². The molecular weight excluding hydrogens is 242 g/mol. The maximum Gasteiger partial charge on any atom is 0.319 e. The molecule has 3 rings (SSSR count). The third kappa shape index (κ3) is 2.70. The highest BCUT2D eigenvalue weighted by Gasteiger charge is 2.28. The maximum absolute atomic E-state index is 11.6. The van der Waals surface area contributed by atoms with Gasteiger partial charge in [-0.05, 0) is 37.5 Å². The molecule has 2 aromatic rings. The molecule has 5 heteroatoms. The number of rotatable bonds is 4. The molecule has 1 saturated carbocycles. The SMILES string of the molecule is CCCNC(=O)Nc1ccc2oc(C3CC3)nc2c1. The Morgan fingerprint density at radius 2 is 2.32 bits per heavy atom. The molecule has 0 unspecified atom stereocenters. The zero-order chi connectivity index (χ0) is 13.2. The largest absolute Gasteiger partial charge is 0.440 e. The van der Waals surface area contributed by atoms with Crippen molar-refractivity contribution in [3.63, 3.8) is 0 Å². The van der Waals surface area contributed by atoms with E-state index in [1.54, 1.807) is 0 Å². The number of aromatic nitrogens is 1. The molecule has 1 aromatic carbocycles. The van der Waals surface area contributed by atoms with E-state index < -0.39 is 0 Å². The van der Waals surface area contributed by atoms with E-state index >= 15 is 0 Å². The molecule has 19 heavy (non-hydrogen) atoms. The van der Waals surface area contributed by atoms with E-state index in [1.165, 1.54) is 0 Å². The normalized spacial score (nSPS) is 14.6. The first-order valence-electron chi connectivity index (χ1n) is 6.71. The van der Waals surface area contributed by atoms with Crippen LogP contribution in [0.1, 0.15) is 38.0 Å². The average Bonchev–Trinajstić information content (AvgIpc) is 3.16. The number of oxazole rings is 1. The van der Waals surface area contributed by atoms with Gasteiger partial charge in [0.05, 0.1) is 0 Å². The Kier molecular flexibility index (Phi) is 3.11. The second-order valence-corrected chi connectivity index (χ2v) is 4.89. The van der Waals surface area contributed by atoms with Crippen molar-refractivity contribution in [2.75, 3.05) is 11.9 Å². The highest BCUT2D eigenvalue weighted by Crippen LogP contribution is 2.40. The van der Waals surface area contributed by atoms with Crippen molar-refractivity contribution in [3.8, 4) is 0 Å². The Balaban J connectivity index is 1.75. The van der Waals surface area contributed by atoms with Crippen LogP contribution in [0.4, 0.5) is 10.5 Å². The first-order chi connectivity index (χ1) is 9.26. The van der Waals surface area contributed by atoms with Crippen LogP contribution >= 0.6 is 0 Å². The molecule has 0 aliphatic heterocycles. The quantitative estimate of drug-likeness (QED) is 0.885. The smallest absolute Gasteiger partial charge is 0.319 e. The molecule has 1 aliphatic rings. The Hall–Kier alpha value is -2.04. The lowest BCUT2D eigenvalue weighted by molar-refractivity contribution is 0.252. The van der Waals surface area contributed by atoms with Gasteiger partial charge in [-0.15, -0.1) is 0 Å². The first-order valence-corrected chi connectivity index (χ1v) is 6.71. The summed E-state index contributed by atoms with van der Waals surface area (Å²) < 4.78 is 5.68. The molecule has 1 heterocycles. The van der Waals surface area contributed by atoms with Gasteiger partial charge in [-0.3, -0.25) is 0 Å². The van der Waals surface area contributed by atoms with E-state index in [0.29, 0.717) is 12.5 Å². The van der Waals surface area contributed by atoms with Gasteiger partial charge < -0.3 is 15.1 Å². The van der Waals surface area contributed by atoms with Crippen LogP contribution in [0.5, 0.6) is 0 Å². The molecule has 0 bridgehead atoms. The highest BCUT2D eigenvalue weighted by atomic mass is 16.3. The maximum atomic E-state index is 11.6. The predicted molar refractivity (Wildman–Crippen MR) is 73.3 cm³/mol. The Morgan fingerprint density at radius 3 is 3.05 bits per heavy atom. The number of benzene rings is 1. The molecule has 1 aliphatic carbocycles. The number of amides is 2. The van der Waals surface area contributed by atoms with E-state index in [1.807, 2.05) is 25.1 Å². The van der Waals surface area contributed by atoms with Crippen molar-refractivity contribution in [1.82, 2.24) is 10.3 Å². The van der Waals surface area contributed by atoms with Crippen LogP contribution in [0.15, 0.2) is 22.6 Å². The van der Waals surface area contributed by atoms with E-state index in [0.717, 1.165) is 41.9 Å². The second kappa shape index (κ2) is 4.91. The zero-order valence-electron chi connectivity index (χ0n) is 10.9. The lowest BCUT2D eigenvalue weighted by Gasteiger charge is -2.05. The Labute approximate surface area is 111 Å². The van der Waals surface area contributed by atoms with Gasteiger partial charge in [0.25, 0.3) is 0 Å². The number of carbonyl (C=O) groups is 1. The number of nitrogens with zero attached hydrogens (tertiary/aromatic N) is 1. The van der Waals surface area contributed by atoms with Gasteiger partial charge in [-0.2, -0.15) is 0 Å². The molecule has 5 nitrogen and oxygen atoms in total. The van der Waals surface area contributed by atoms with Crippen molar-refractivity contribution in [2.24, 2.45) is 0 Å². The molecule has 2 amide bonds. The van der Waals surface area contributed by atoms with Crippen LogP contribution in [-0.2, 0) is 0 Å². The fourth-order valence-corrected chi connectivity index (χ4v) is 1.94. The predicted octanol–water partition coefficient (Wildman–Crippen LogP) is 3.24. The van der Waals surface area contributed by atoms with Crippen molar-refractivity contribution in [2.45, 2.75) is 32.1 Å². The monoisotopic (exact) mass is 259 g/mol. The minimum atomic E-state index is -0.188. The van der Waals surface area contributed by atoms with Crippen LogP contribution in [0.25, 0.3) is 11.1 Å². The summed E-state index contributed by atoms with van der Waals surface area (Å²) in [6, 6.07) is 5.34. The summed E-state index contributed by atoms with van der Waals surface area (Å²) in [7, 11) is 0. The summed E-state index contributed by atoms with van der Waals surface area (Å²) in [6.07, 6.45) is 3.25. The van der Waals surface area contributed by atoms with Gasteiger partial charge in [0.2, 0.25) is 0 Å². The van der Waals surface area contributed by atoms with Crippen LogP contribution in [-0.4, -0.2) is 17.6 Å². The zero-order valence-corrected chi connectivity index (χ0v) is 10.9. The minimum absolute atomic E-state index is 0.188. The van der Waals surface area contributed by atoms with E-state index in [4.69, 9.17) is 4.42 Å². The number of carbonyl (C=O) groups excluding carboxylic acids is 1. The van der Waals surface area contributed by atoms with Crippen LogP contribution in [0, 0.1) is 0 Å². The molecule has 1 aromatic heterocycles. The van der Waals surface area contributed by atoms with Crippen molar-refractivity contribution in [1.29, 1.82) is 0 Å². The van der Waals surface area contributed by atoms with Gasteiger partial charge >= 0.3 is 6.03 Å². The van der Waals surface area contributed by atoms with Crippen LogP contribution in [0.3, 0.4) is 0 Å². The molecular formula is C14H17N3O2. The number of urea groups is 1. The van der Waals surface area contributed by atoms with E-state index in [-0.39, 0.29) is 6.03 Å². The summed E-state index contributed by atoms with van der Waals surface area (Å²) >= 11 is 0. The van der Waals surface area contributed by atoms with Gasteiger partial charge in [0, 0.05) is 18.2 Å². The van der Waals surface area contributed by atoms with Crippen LogP contribution in [0.2, 0.25) is 0 Å². The Morgan fingerprint density at radius 1 is 1.47 bits per heavy atom. The van der Waals surface area contributed by atoms with Crippen molar-refractivity contribution in [3.05, 3.63) is 24.1 Å². The minimum Gasteiger partial charge on any atom is -0.440 e. The standard InChI is InChI=1S/C14H17N3O2/c1-2-7-15-14(18)16-10-5-6-12-11(8-10)17-13(19-12)9-3-4-9/h5-6,8-9H,2-4,7H2,1H3,(H2,15,16,18).